The Bertz CT molecular complexity index is 173. The standard InChI is InChI=1S/C12H26N2O/c1-5-14-6-7-15-12(9-14)8-13-11(4)10(2)3/h10-13H,5-9H2,1-4H3. The second kappa shape index (κ2) is 6.46. The van der Waals surface area contributed by atoms with Gasteiger partial charge in [0, 0.05) is 25.7 Å². The van der Waals surface area contributed by atoms with E-state index in [1.165, 1.54) is 0 Å². The maximum Gasteiger partial charge on any atom is 0.0826 e. The van der Waals surface area contributed by atoms with Crippen molar-refractivity contribution in [2.75, 3.05) is 32.8 Å². The number of rotatable bonds is 5. The number of ether oxygens (including phenoxy) is 1. The Morgan fingerprint density at radius 2 is 2.13 bits per heavy atom. The van der Waals surface area contributed by atoms with E-state index in [1.54, 1.807) is 0 Å². The summed E-state index contributed by atoms with van der Waals surface area (Å²) >= 11 is 0. The summed E-state index contributed by atoms with van der Waals surface area (Å²) in [5, 5.41) is 3.54. The number of hydrogen-bond donors (Lipinski definition) is 1. The monoisotopic (exact) mass is 214 g/mol. The molecule has 0 bridgehead atoms. The number of morpholine rings is 1. The summed E-state index contributed by atoms with van der Waals surface area (Å²) in [4.78, 5) is 2.45. The molecule has 1 aliphatic rings. The highest BCUT2D eigenvalue weighted by Crippen LogP contribution is 2.05. The molecule has 0 aliphatic carbocycles. The lowest BCUT2D eigenvalue weighted by Crippen LogP contribution is -2.48. The minimum Gasteiger partial charge on any atom is -0.374 e. The van der Waals surface area contributed by atoms with Crippen LogP contribution < -0.4 is 5.32 Å². The second-order valence-corrected chi connectivity index (χ2v) is 4.83. The Kier molecular flexibility index (Phi) is 5.58. The van der Waals surface area contributed by atoms with Crippen molar-refractivity contribution < 1.29 is 4.74 Å². The normalized spacial score (nSPS) is 25.8. The van der Waals surface area contributed by atoms with Crippen LogP contribution in [0, 0.1) is 5.92 Å². The van der Waals surface area contributed by atoms with Crippen LogP contribution in [0.25, 0.3) is 0 Å². The topological polar surface area (TPSA) is 24.5 Å². The van der Waals surface area contributed by atoms with Gasteiger partial charge in [-0.1, -0.05) is 20.8 Å². The molecule has 90 valence electrons. The van der Waals surface area contributed by atoms with E-state index in [2.05, 4.69) is 37.9 Å². The van der Waals surface area contributed by atoms with Gasteiger partial charge in [0.1, 0.15) is 0 Å². The van der Waals surface area contributed by atoms with Gasteiger partial charge < -0.3 is 10.1 Å². The fraction of sp³-hybridized carbons (Fsp3) is 1.00. The summed E-state index contributed by atoms with van der Waals surface area (Å²) in [6, 6.07) is 0.575. The average molecular weight is 214 g/mol. The number of hydrogen-bond acceptors (Lipinski definition) is 3. The molecule has 1 saturated heterocycles. The first kappa shape index (κ1) is 12.9. The van der Waals surface area contributed by atoms with Gasteiger partial charge in [0.2, 0.25) is 0 Å². The van der Waals surface area contributed by atoms with Gasteiger partial charge in [-0.15, -0.1) is 0 Å². The van der Waals surface area contributed by atoms with Crippen LogP contribution in [0.15, 0.2) is 0 Å². The zero-order valence-electron chi connectivity index (χ0n) is 10.6. The van der Waals surface area contributed by atoms with Gasteiger partial charge in [-0.3, -0.25) is 4.90 Å². The smallest absolute Gasteiger partial charge is 0.0826 e. The van der Waals surface area contributed by atoms with Crippen molar-refractivity contribution in [1.29, 1.82) is 0 Å². The Labute approximate surface area is 94.2 Å². The Hall–Kier alpha value is -0.120. The lowest BCUT2D eigenvalue weighted by Gasteiger charge is -2.33. The van der Waals surface area contributed by atoms with Crippen molar-refractivity contribution in [2.24, 2.45) is 5.92 Å². The number of likely N-dealkylation sites (N-methyl/N-ethyl adjacent to an activating group) is 1. The van der Waals surface area contributed by atoms with Crippen LogP contribution >= 0.6 is 0 Å². The predicted molar refractivity (Wildman–Crippen MR) is 64.2 cm³/mol. The van der Waals surface area contributed by atoms with E-state index < -0.39 is 0 Å². The maximum absolute atomic E-state index is 5.74. The number of nitrogens with zero attached hydrogens (tertiary/aromatic N) is 1. The van der Waals surface area contributed by atoms with Gasteiger partial charge in [0.15, 0.2) is 0 Å². The van der Waals surface area contributed by atoms with Crippen molar-refractivity contribution in [1.82, 2.24) is 10.2 Å². The molecule has 1 aliphatic heterocycles. The molecule has 0 radical (unpaired) electrons. The maximum atomic E-state index is 5.74. The van der Waals surface area contributed by atoms with Crippen molar-refractivity contribution >= 4 is 0 Å². The van der Waals surface area contributed by atoms with Crippen molar-refractivity contribution in [2.45, 2.75) is 39.8 Å². The van der Waals surface area contributed by atoms with E-state index in [4.69, 9.17) is 4.74 Å². The molecule has 1 heterocycles. The van der Waals surface area contributed by atoms with Crippen LogP contribution in [-0.2, 0) is 4.74 Å². The minimum atomic E-state index is 0.375. The molecule has 1 N–H and O–H groups in total. The summed E-state index contributed by atoms with van der Waals surface area (Å²) in [5.41, 5.74) is 0. The fourth-order valence-corrected chi connectivity index (χ4v) is 1.74. The molecule has 3 heteroatoms. The summed E-state index contributed by atoms with van der Waals surface area (Å²) in [6.45, 7) is 14.1. The van der Waals surface area contributed by atoms with E-state index in [9.17, 15) is 0 Å². The lowest BCUT2D eigenvalue weighted by atomic mass is 10.1. The zero-order valence-corrected chi connectivity index (χ0v) is 10.6. The molecule has 3 nitrogen and oxygen atoms in total. The minimum absolute atomic E-state index is 0.375. The van der Waals surface area contributed by atoms with Gasteiger partial charge in [-0.2, -0.15) is 0 Å². The first-order chi connectivity index (χ1) is 7.13. The summed E-state index contributed by atoms with van der Waals surface area (Å²) in [7, 11) is 0. The lowest BCUT2D eigenvalue weighted by molar-refractivity contribution is -0.0266. The Balaban J connectivity index is 2.20. The van der Waals surface area contributed by atoms with Gasteiger partial charge >= 0.3 is 0 Å². The molecular formula is C12H26N2O. The van der Waals surface area contributed by atoms with E-state index in [-0.39, 0.29) is 0 Å². The van der Waals surface area contributed by atoms with Crippen LogP contribution in [0.1, 0.15) is 27.7 Å². The third-order valence-electron chi connectivity index (χ3n) is 3.34. The van der Waals surface area contributed by atoms with E-state index in [0.717, 1.165) is 32.8 Å². The molecule has 0 aromatic heterocycles. The molecule has 1 fully saturated rings. The van der Waals surface area contributed by atoms with Gasteiger partial charge in [-0.25, -0.2) is 0 Å². The molecule has 0 aromatic carbocycles. The molecular weight excluding hydrogens is 188 g/mol. The molecule has 15 heavy (non-hydrogen) atoms. The fourth-order valence-electron chi connectivity index (χ4n) is 1.74. The van der Waals surface area contributed by atoms with E-state index in [0.29, 0.717) is 18.1 Å². The van der Waals surface area contributed by atoms with Crippen LogP contribution in [0.2, 0.25) is 0 Å². The van der Waals surface area contributed by atoms with E-state index >= 15 is 0 Å². The summed E-state index contributed by atoms with van der Waals surface area (Å²) < 4.78 is 5.74. The third kappa shape index (κ3) is 4.49. The largest absolute Gasteiger partial charge is 0.374 e. The molecule has 0 spiro atoms. The van der Waals surface area contributed by atoms with Gasteiger partial charge in [0.25, 0.3) is 0 Å². The molecule has 1 rings (SSSR count). The predicted octanol–water partition coefficient (Wildman–Crippen LogP) is 1.34. The highest BCUT2D eigenvalue weighted by atomic mass is 16.5. The molecule has 0 amide bonds. The zero-order chi connectivity index (χ0) is 11.3. The molecule has 2 atom stereocenters. The SMILES string of the molecule is CCN1CCOC(CNC(C)C(C)C)C1. The first-order valence-corrected chi connectivity index (χ1v) is 6.20. The quantitative estimate of drug-likeness (QED) is 0.747. The highest BCUT2D eigenvalue weighted by Gasteiger charge is 2.19. The van der Waals surface area contributed by atoms with Crippen molar-refractivity contribution in [3.63, 3.8) is 0 Å². The summed E-state index contributed by atoms with van der Waals surface area (Å²) in [5.74, 6) is 0.691. The van der Waals surface area contributed by atoms with Crippen LogP contribution in [0.4, 0.5) is 0 Å². The average Bonchev–Trinajstić information content (AvgIpc) is 2.26. The third-order valence-corrected chi connectivity index (χ3v) is 3.34. The Morgan fingerprint density at radius 1 is 1.40 bits per heavy atom. The number of nitrogens with one attached hydrogen (secondary N) is 1. The van der Waals surface area contributed by atoms with Gasteiger partial charge in [0.05, 0.1) is 12.7 Å². The van der Waals surface area contributed by atoms with Gasteiger partial charge in [-0.05, 0) is 19.4 Å². The highest BCUT2D eigenvalue weighted by molar-refractivity contribution is 4.75. The van der Waals surface area contributed by atoms with Crippen LogP contribution in [0.3, 0.4) is 0 Å². The Morgan fingerprint density at radius 3 is 2.73 bits per heavy atom. The van der Waals surface area contributed by atoms with Crippen LogP contribution in [0.5, 0.6) is 0 Å². The van der Waals surface area contributed by atoms with Crippen LogP contribution in [-0.4, -0.2) is 49.8 Å². The molecule has 0 saturated carbocycles. The molecule has 2 unspecified atom stereocenters. The summed E-state index contributed by atoms with van der Waals surface area (Å²) in [6.07, 6.45) is 0.375. The molecule has 0 aromatic rings. The van der Waals surface area contributed by atoms with E-state index in [1.807, 2.05) is 0 Å². The van der Waals surface area contributed by atoms with Crippen molar-refractivity contribution in [3.8, 4) is 0 Å². The second-order valence-electron chi connectivity index (χ2n) is 4.83. The van der Waals surface area contributed by atoms with Crippen molar-refractivity contribution in [3.05, 3.63) is 0 Å². The first-order valence-electron chi connectivity index (χ1n) is 6.20.